The van der Waals surface area contributed by atoms with Crippen LogP contribution < -0.4 is 10.1 Å². The molecular weight excluding hydrogens is 446 g/mol. The second-order valence-corrected chi connectivity index (χ2v) is 9.11. The highest BCUT2D eigenvalue weighted by Crippen LogP contribution is 2.44. The van der Waals surface area contributed by atoms with Gasteiger partial charge in [-0.2, -0.15) is 0 Å². The number of ether oxygens (including phenoxy) is 1. The molecule has 172 valence electrons. The van der Waals surface area contributed by atoms with Crippen molar-refractivity contribution in [2.75, 3.05) is 25.2 Å². The van der Waals surface area contributed by atoms with E-state index in [9.17, 15) is 9.59 Å². The average molecular weight is 472 g/mol. The van der Waals surface area contributed by atoms with Crippen LogP contribution in [0, 0.1) is 0 Å². The van der Waals surface area contributed by atoms with Crippen LogP contribution in [0.3, 0.4) is 0 Å². The summed E-state index contributed by atoms with van der Waals surface area (Å²) in [5, 5.41) is 3.97. The van der Waals surface area contributed by atoms with Crippen LogP contribution in [-0.2, 0) is 11.8 Å². The fraction of sp³-hybridized carbons (Fsp3) is 0.185. The Kier molecular flexibility index (Phi) is 5.79. The number of nitrogens with one attached hydrogen (secondary N) is 1. The van der Waals surface area contributed by atoms with Gasteiger partial charge in [0.15, 0.2) is 0 Å². The average Bonchev–Trinajstić information content (AvgIpc) is 3.31. The highest BCUT2D eigenvalue weighted by Gasteiger charge is 2.42. The SMILES string of the molecule is COc1ccc([C@@H]2c3c(n(C)c4ccccc34)C(=O)N2CC(=O)Nc2cccc(SC)c2)cc1. The zero-order chi connectivity index (χ0) is 23.8. The number of amides is 2. The number of carbonyl (C=O) groups excluding carboxylic acids is 2. The molecule has 5 rings (SSSR count). The fourth-order valence-electron chi connectivity index (χ4n) is 4.72. The minimum atomic E-state index is -0.372. The lowest BCUT2D eigenvalue weighted by molar-refractivity contribution is -0.117. The molecule has 1 aliphatic rings. The molecule has 0 bridgehead atoms. The number of hydrogen-bond acceptors (Lipinski definition) is 4. The number of fused-ring (bicyclic) bond motifs is 3. The Bertz CT molecular complexity index is 1390. The van der Waals surface area contributed by atoms with Crippen LogP contribution >= 0.6 is 11.8 Å². The number of thioether (sulfide) groups is 1. The van der Waals surface area contributed by atoms with Crippen LogP contribution in [0.15, 0.2) is 77.7 Å². The van der Waals surface area contributed by atoms with Gasteiger partial charge in [0.05, 0.1) is 13.2 Å². The molecule has 0 radical (unpaired) electrons. The Labute approximate surface area is 202 Å². The topological polar surface area (TPSA) is 63.6 Å². The molecule has 0 unspecified atom stereocenters. The van der Waals surface area contributed by atoms with Gasteiger partial charge in [0.2, 0.25) is 5.91 Å². The number of nitrogens with zero attached hydrogens (tertiary/aromatic N) is 2. The van der Waals surface area contributed by atoms with Gasteiger partial charge < -0.3 is 19.5 Å². The standard InChI is InChI=1S/C27H25N3O3S/c1-29-22-10-5-4-9-21(22)24-25(17-11-13-19(33-2)14-12-17)30(27(32)26(24)29)16-23(31)28-18-7-6-8-20(15-18)34-3/h4-15,25H,16H2,1-3H3,(H,28,31)/t25-/m1/s1. The van der Waals surface area contributed by atoms with E-state index in [0.717, 1.165) is 32.7 Å². The number of aromatic nitrogens is 1. The van der Waals surface area contributed by atoms with Crippen LogP contribution in [0.25, 0.3) is 10.9 Å². The molecule has 7 heteroatoms. The zero-order valence-electron chi connectivity index (χ0n) is 19.2. The lowest BCUT2D eigenvalue weighted by Gasteiger charge is -2.26. The zero-order valence-corrected chi connectivity index (χ0v) is 20.1. The van der Waals surface area contributed by atoms with Crippen LogP contribution in [0.5, 0.6) is 5.75 Å². The summed E-state index contributed by atoms with van der Waals surface area (Å²) >= 11 is 1.61. The summed E-state index contributed by atoms with van der Waals surface area (Å²) in [4.78, 5) is 29.5. The van der Waals surface area contributed by atoms with Crippen LogP contribution in [-0.4, -0.2) is 41.2 Å². The third-order valence-electron chi connectivity index (χ3n) is 6.29. The summed E-state index contributed by atoms with van der Waals surface area (Å²) in [7, 11) is 3.53. The van der Waals surface area contributed by atoms with Crippen molar-refractivity contribution < 1.29 is 14.3 Å². The molecule has 0 saturated heterocycles. The Hall–Kier alpha value is -3.71. The lowest BCUT2D eigenvalue weighted by Crippen LogP contribution is -2.37. The molecule has 2 heterocycles. The maximum Gasteiger partial charge on any atom is 0.272 e. The third-order valence-corrected chi connectivity index (χ3v) is 7.02. The van der Waals surface area contributed by atoms with Crippen molar-refractivity contribution in [3.63, 3.8) is 0 Å². The van der Waals surface area contributed by atoms with Crippen molar-refractivity contribution in [3.8, 4) is 5.75 Å². The van der Waals surface area contributed by atoms with E-state index in [-0.39, 0.29) is 24.4 Å². The summed E-state index contributed by atoms with van der Waals surface area (Å²) in [5.41, 5.74) is 4.20. The number of rotatable bonds is 6. The first-order valence-electron chi connectivity index (χ1n) is 11.0. The maximum absolute atomic E-state index is 13.7. The molecule has 4 aromatic rings. The molecule has 6 nitrogen and oxygen atoms in total. The lowest BCUT2D eigenvalue weighted by atomic mass is 9.98. The third kappa shape index (κ3) is 3.72. The Morgan fingerprint density at radius 1 is 1.06 bits per heavy atom. The van der Waals surface area contributed by atoms with E-state index in [1.807, 2.05) is 90.7 Å². The van der Waals surface area contributed by atoms with E-state index >= 15 is 0 Å². The molecule has 0 saturated carbocycles. The fourth-order valence-corrected chi connectivity index (χ4v) is 5.18. The predicted octanol–water partition coefficient (Wildman–Crippen LogP) is 5.09. The first kappa shape index (κ1) is 22.1. The van der Waals surface area contributed by atoms with E-state index in [1.54, 1.807) is 23.8 Å². The molecule has 1 atom stereocenters. The first-order valence-corrected chi connectivity index (χ1v) is 12.2. The molecule has 0 fully saturated rings. The number of carbonyl (C=O) groups is 2. The van der Waals surface area contributed by atoms with Gasteiger partial charge in [-0.05, 0) is 48.2 Å². The number of hydrogen-bond donors (Lipinski definition) is 1. The molecule has 0 aliphatic carbocycles. The first-order chi connectivity index (χ1) is 16.5. The maximum atomic E-state index is 13.7. The van der Waals surface area contributed by atoms with Crippen molar-refractivity contribution in [2.45, 2.75) is 10.9 Å². The molecule has 1 aromatic heterocycles. The number of para-hydroxylation sites is 1. The summed E-state index contributed by atoms with van der Waals surface area (Å²) in [6.07, 6.45) is 1.99. The van der Waals surface area contributed by atoms with Crippen molar-refractivity contribution in [2.24, 2.45) is 7.05 Å². The quantitative estimate of drug-likeness (QED) is 0.398. The summed E-state index contributed by atoms with van der Waals surface area (Å²) < 4.78 is 7.26. The van der Waals surface area contributed by atoms with Crippen LogP contribution in [0.4, 0.5) is 5.69 Å². The van der Waals surface area contributed by atoms with E-state index < -0.39 is 0 Å². The number of anilines is 1. The number of methoxy groups -OCH3 is 1. The van der Waals surface area contributed by atoms with Crippen molar-refractivity contribution >= 4 is 40.2 Å². The largest absolute Gasteiger partial charge is 0.497 e. The van der Waals surface area contributed by atoms with Crippen molar-refractivity contribution in [3.05, 3.63) is 89.6 Å². The van der Waals surface area contributed by atoms with E-state index in [0.29, 0.717) is 11.4 Å². The van der Waals surface area contributed by atoms with E-state index in [1.165, 1.54) is 0 Å². The second-order valence-electron chi connectivity index (χ2n) is 8.23. The van der Waals surface area contributed by atoms with Gasteiger partial charge in [-0.1, -0.05) is 36.4 Å². The van der Waals surface area contributed by atoms with Gasteiger partial charge in [0.1, 0.15) is 18.0 Å². The highest BCUT2D eigenvalue weighted by molar-refractivity contribution is 7.98. The Morgan fingerprint density at radius 2 is 1.82 bits per heavy atom. The highest BCUT2D eigenvalue weighted by atomic mass is 32.2. The summed E-state index contributed by atoms with van der Waals surface area (Å²) in [6, 6.07) is 23.0. The van der Waals surface area contributed by atoms with Gasteiger partial charge in [-0.25, -0.2) is 0 Å². The second kappa shape index (κ2) is 8.91. The van der Waals surface area contributed by atoms with Gasteiger partial charge in [0, 0.05) is 34.1 Å². The minimum Gasteiger partial charge on any atom is -0.497 e. The molecular formula is C27H25N3O3S. The molecule has 1 N–H and O–H groups in total. The molecule has 1 aliphatic heterocycles. The monoisotopic (exact) mass is 471 g/mol. The predicted molar refractivity (Wildman–Crippen MR) is 136 cm³/mol. The Morgan fingerprint density at radius 3 is 2.56 bits per heavy atom. The Balaban J connectivity index is 1.54. The molecule has 3 aromatic carbocycles. The molecule has 0 spiro atoms. The molecule has 2 amide bonds. The van der Waals surface area contributed by atoms with Crippen molar-refractivity contribution in [1.29, 1.82) is 0 Å². The van der Waals surface area contributed by atoms with E-state index in [2.05, 4.69) is 5.32 Å². The number of benzene rings is 3. The van der Waals surface area contributed by atoms with Crippen LogP contribution in [0.2, 0.25) is 0 Å². The van der Waals surface area contributed by atoms with Gasteiger partial charge in [-0.15, -0.1) is 11.8 Å². The van der Waals surface area contributed by atoms with Crippen molar-refractivity contribution in [1.82, 2.24) is 9.47 Å². The normalized spacial score (nSPS) is 15.0. The van der Waals surface area contributed by atoms with Gasteiger partial charge in [0.25, 0.3) is 5.91 Å². The summed E-state index contributed by atoms with van der Waals surface area (Å²) in [5.74, 6) is 0.356. The summed E-state index contributed by atoms with van der Waals surface area (Å²) in [6.45, 7) is -0.0535. The minimum absolute atomic E-state index is 0.0535. The van der Waals surface area contributed by atoms with Gasteiger partial charge in [-0.3, -0.25) is 9.59 Å². The molecule has 34 heavy (non-hydrogen) atoms. The van der Waals surface area contributed by atoms with Crippen LogP contribution in [0.1, 0.15) is 27.7 Å². The smallest absolute Gasteiger partial charge is 0.272 e. The van der Waals surface area contributed by atoms with E-state index in [4.69, 9.17) is 4.74 Å². The number of aryl methyl sites for hydroxylation is 1. The van der Waals surface area contributed by atoms with Gasteiger partial charge >= 0.3 is 0 Å².